The van der Waals surface area contributed by atoms with E-state index in [1.165, 1.54) is 4.90 Å². The van der Waals surface area contributed by atoms with Crippen molar-refractivity contribution in [3.05, 3.63) is 29.3 Å². The summed E-state index contributed by atoms with van der Waals surface area (Å²) in [6.45, 7) is 1.82. The van der Waals surface area contributed by atoms with Crippen LogP contribution in [0.25, 0.3) is 0 Å². The number of amides is 2. The number of primary amides is 1. The number of benzene rings is 1. The topological polar surface area (TPSA) is 89.4 Å². The van der Waals surface area contributed by atoms with Gasteiger partial charge in [0, 0.05) is 12.6 Å². The molecule has 4 N–H and O–H groups in total. The van der Waals surface area contributed by atoms with Gasteiger partial charge in [-0.1, -0.05) is 0 Å². The molecule has 0 spiro atoms. The van der Waals surface area contributed by atoms with Crippen molar-refractivity contribution < 1.29 is 18.4 Å². The Morgan fingerprint density at radius 3 is 2.57 bits per heavy atom. The number of nitrogens with two attached hydrogens (primary N) is 2. The van der Waals surface area contributed by atoms with Crippen molar-refractivity contribution in [2.24, 2.45) is 11.7 Å². The highest BCUT2D eigenvalue weighted by Gasteiger charge is 2.34. The van der Waals surface area contributed by atoms with Crippen molar-refractivity contribution in [2.45, 2.75) is 25.8 Å². The van der Waals surface area contributed by atoms with E-state index in [4.69, 9.17) is 11.5 Å². The third-order valence-corrected chi connectivity index (χ3v) is 3.88. The zero-order chi connectivity index (χ0) is 15.7. The summed E-state index contributed by atoms with van der Waals surface area (Å²) in [7, 11) is 0. The van der Waals surface area contributed by atoms with Crippen LogP contribution in [0.2, 0.25) is 0 Å². The number of hydrogen-bond acceptors (Lipinski definition) is 3. The molecule has 5 nitrogen and oxygen atoms in total. The van der Waals surface area contributed by atoms with Crippen LogP contribution >= 0.6 is 0 Å². The second-order valence-corrected chi connectivity index (χ2v) is 5.31. The van der Waals surface area contributed by atoms with Gasteiger partial charge in [0.15, 0.2) is 5.82 Å². The molecule has 0 aromatic heterocycles. The van der Waals surface area contributed by atoms with Crippen LogP contribution < -0.4 is 11.5 Å². The fraction of sp³-hybridized carbons (Fsp3) is 0.429. The molecule has 0 radical (unpaired) electrons. The van der Waals surface area contributed by atoms with E-state index < -0.39 is 34.9 Å². The molecule has 1 heterocycles. The normalized spacial score (nSPS) is 22.1. The third-order valence-electron chi connectivity index (χ3n) is 3.88. The Morgan fingerprint density at radius 2 is 1.95 bits per heavy atom. The first-order valence-electron chi connectivity index (χ1n) is 6.66. The number of likely N-dealkylation sites (tertiary alicyclic amines) is 1. The number of anilines is 1. The Bertz CT molecular complexity index is 592. The lowest BCUT2D eigenvalue weighted by atomic mass is 9.92. The molecule has 2 amide bonds. The Balaban J connectivity index is 2.34. The van der Waals surface area contributed by atoms with Crippen LogP contribution in [-0.4, -0.2) is 29.3 Å². The van der Waals surface area contributed by atoms with E-state index in [-0.39, 0.29) is 18.3 Å². The molecule has 1 fully saturated rings. The van der Waals surface area contributed by atoms with Gasteiger partial charge in [-0.2, -0.15) is 0 Å². The maximum absolute atomic E-state index is 13.9. The summed E-state index contributed by atoms with van der Waals surface area (Å²) in [4.78, 5) is 25.0. The van der Waals surface area contributed by atoms with Gasteiger partial charge >= 0.3 is 0 Å². The van der Waals surface area contributed by atoms with Gasteiger partial charge in [-0.15, -0.1) is 0 Å². The predicted molar refractivity (Wildman–Crippen MR) is 73.2 cm³/mol. The minimum atomic E-state index is -1.08. The molecule has 1 aromatic carbocycles. The minimum Gasteiger partial charge on any atom is -0.396 e. The molecule has 2 rings (SSSR count). The summed E-state index contributed by atoms with van der Waals surface area (Å²) < 4.78 is 27.7. The Labute approximate surface area is 120 Å². The van der Waals surface area contributed by atoms with Crippen molar-refractivity contribution >= 4 is 17.5 Å². The first-order chi connectivity index (χ1) is 9.82. The number of rotatable bonds is 2. The second kappa shape index (κ2) is 5.67. The van der Waals surface area contributed by atoms with Gasteiger partial charge in [0.2, 0.25) is 5.91 Å². The highest BCUT2D eigenvalue weighted by Crippen LogP contribution is 2.26. The van der Waals surface area contributed by atoms with Gasteiger partial charge < -0.3 is 16.4 Å². The minimum absolute atomic E-state index is 0.0585. The highest BCUT2D eigenvalue weighted by atomic mass is 19.1. The van der Waals surface area contributed by atoms with Crippen LogP contribution in [0.1, 0.15) is 30.1 Å². The first-order valence-corrected chi connectivity index (χ1v) is 6.66. The quantitative estimate of drug-likeness (QED) is 0.806. The van der Waals surface area contributed by atoms with Crippen molar-refractivity contribution in [3.63, 3.8) is 0 Å². The summed E-state index contributed by atoms with van der Waals surface area (Å²) in [5, 5.41) is 0. The fourth-order valence-corrected chi connectivity index (χ4v) is 2.53. The summed E-state index contributed by atoms with van der Waals surface area (Å²) in [6, 6.07) is 1.78. The number of nitrogens with zero attached hydrogens (tertiary/aromatic N) is 1. The van der Waals surface area contributed by atoms with Crippen LogP contribution in [0.15, 0.2) is 12.1 Å². The van der Waals surface area contributed by atoms with Gasteiger partial charge in [-0.05, 0) is 31.9 Å². The van der Waals surface area contributed by atoms with E-state index in [1.807, 2.05) is 0 Å². The molecule has 21 heavy (non-hydrogen) atoms. The Kier molecular flexibility index (Phi) is 4.11. The molecule has 1 aromatic rings. The lowest BCUT2D eigenvalue weighted by Crippen LogP contribution is -2.49. The van der Waals surface area contributed by atoms with E-state index in [0.717, 1.165) is 12.1 Å². The first kappa shape index (κ1) is 15.2. The predicted octanol–water partition coefficient (Wildman–Crippen LogP) is 1.27. The maximum atomic E-state index is 13.9. The standard InChI is InChI=1S/C14H17F2N3O2/c1-7-2-3-8(13(18)20)6-19(7)14(21)11-9(15)4-5-10(17)12(11)16/h4-5,7-8H,2-3,6,17H2,1H3,(H2,18,20). The smallest absolute Gasteiger partial charge is 0.260 e. The molecule has 1 saturated heterocycles. The molecule has 1 aliphatic heterocycles. The number of hydrogen-bond donors (Lipinski definition) is 2. The fourth-order valence-electron chi connectivity index (χ4n) is 2.53. The summed E-state index contributed by atoms with van der Waals surface area (Å²) >= 11 is 0. The number of carbonyl (C=O) groups is 2. The third kappa shape index (κ3) is 2.81. The summed E-state index contributed by atoms with van der Waals surface area (Å²) in [6.07, 6.45) is 1.10. The largest absolute Gasteiger partial charge is 0.396 e. The van der Waals surface area contributed by atoms with Crippen LogP contribution in [0.5, 0.6) is 0 Å². The van der Waals surface area contributed by atoms with Crippen LogP contribution in [0, 0.1) is 17.6 Å². The highest BCUT2D eigenvalue weighted by molar-refractivity contribution is 5.96. The van der Waals surface area contributed by atoms with Crippen molar-refractivity contribution in [2.75, 3.05) is 12.3 Å². The van der Waals surface area contributed by atoms with Crippen LogP contribution in [-0.2, 0) is 4.79 Å². The number of nitrogen functional groups attached to an aromatic ring is 1. The van der Waals surface area contributed by atoms with Gasteiger partial charge in [0.25, 0.3) is 5.91 Å². The van der Waals surface area contributed by atoms with E-state index in [0.29, 0.717) is 12.8 Å². The molecule has 0 bridgehead atoms. The summed E-state index contributed by atoms with van der Waals surface area (Å²) in [5.74, 6) is -3.88. The second-order valence-electron chi connectivity index (χ2n) is 5.31. The van der Waals surface area contributed by atoms with Crippen LogP contribution in [0.4, 0.5) is 14.5 Å². The molecule has 7 heteroatoms. The van der Waals surface area contributed by atoms with Gasteiger partial charge in [-0.25, -0.2) is 8.78 Å². The zero-order valence-corrected chi connectivity index (χ0v) is 11.6. The molecule has 0 aliphatic carbocycles. The van der Waals surface area contributed by atoms with Gasteiger partial charge in [0.05, 0.1) is 11.6 Å². The molecular formula is C14H17F2N3O2. The maximum Gasteiger partial charge on any atom is 0.260 e. The zero-order valence-electron chi connectivity index (χ0n) is 11.6. The van der Waals surface area contributed by atoms with Crippen molar-refractivity contribution in [1.29, 1.82) is 0 Å². The average molecular weight is 297 g/mol. The van der Waals surface area contributed by atoms with Crippen LogP contribution in [0.3, 0.4) is 0 Å². The molecule has 2 unspecified atom stereocenters. The SMILES string of the molecule is CC1CCC(C(N)=O)CN1C(=O)c1c(F)ccc(N)c1F. The number of carbonyl (C=O) groups excluding carboxylic acids is 2. The average Bonchev–Trinajstić information content (AvgIpc) is 2.43. The number of piperidine rings is 1. The molecule has 1 aliphatic rings. The van der Waals surface area contributed by atoms with E-state index in [9.17, 15) is 18.4 Å². The van der Waals surface area contributed by atoms with E-state index >= 15 is 0 Å². The van der Waals surface area contributed by atoms with Gasteiger partial charge in [0.1, 0.15) is 11.4 Å². The molecule has 2 atom stereocenters. The molecule has 114 valence electrons. The monoisotopic (exact) mass is 297 g/mol. The number of halogens is 2. The Morgan fingerprint density at radius 1 is 1.29 bits per heavy atom. The Hall–Kier alpha value is -2.18. The van der Waals surface area contributed by atoms with Crippen molar-refractivity contribution in [1.82, 2.24) is 4.90 Å². The molecule has 0 saturated carbocycles. The lowest BCUT2D eigenvalue weighted by Gasteiger charge is -2.37. The van der Waals surface area contributed by atoms with E-state index in [1.54, 1.807) is 6.92 Å². The van der Waals surface area contributed by atoms with Gasteiger partial charge in [-0.3, -0.25) is 9.59 Å². The summed E-state index contributed by atoms with van der Waals surface area (Å²) in [5.41, 5.74) is 9.65. The molecular weight excluding hydrogens is 280 g/mol. The van der Waals surface area contributed by atoms with E-state index in [2.05, 4.69) is 0 Å². The lowest BCUT2D eigenvalue weighted by molar-refractivity contribution is -0.123. The van der Waals surface area contributed by atoms with Crippen molar-refractivity contribution in [3.8, 4) is 0 Å².